The molecule has 2 atom stereocenters. The fourth-order valence-corrected chi connectivity index (χ4v) is 15.1. The van der Waals surface area contributed by atoms with Gasteiger partial charge in [-0.1, -0.05) is 164 Å². The van der Waals surface area contributed by atoms with Crippen LogP contribution in [0.15, 0.2) is 127 Å². The van der Waals surface area contributed by atoms with Crippen LogP contribution in [0.2, 0.25) is 5.04 Å². The summed E-state index contributed by atoms with van der Waals surface area (Å²) in [5.41, 5.74) is 5.89. The fourth-order valence-electron chi connectivity index (χ4n) is 9.44. The van der Waals surface area contributed by atoms with Gasteiger partial charge in [0.15, 0.2) is 0 Å². The van der Waals surface area contributed by atoms with Crippen molar-refractivity contribution in [1.29, 1.82) is 0 Å². The highest BCUT2D eigenvalue weighted by molar-refractivity contribution is 7.86. The molecule has 0 fully saturated rings. The normalized spacial score (nSPS) is 13.7. The number of nitrogens with one attached hydrogen (secondary N) is 3. The maximum absolute atomic E-state index is 13.5. The molecule has 3 amide bonds. The fraction of sp³-hybridized carbons (Fsp3) is 0.431. The van der Waals surface area contributed by atoms with E-state index in [1.165, 1.54) is 10.4 Å². The Labute approximate surface area is 434 Å². The quantitative estimate of drug-likeness (QED) is 0.0238. The molecule has 1 aliphatic carbocycles. The van der Waals surface area contributed by atoms with E-state index >= 15 is 0 Å². The lowest BCUT2D eigenvalue weighted by Gasteiger charge is -2.43. The Morgan fingerprint density at radius 2 is 1.27 bits per heavy atom. The van der Waals surface area contributed by atoms with Gasteiger partial charge in [-0.3, -0.25) is 13.8 Å². The smallest absolute Gasteiger partial charge is 0.407 e. The third-order valence-electron chi connectivity index (χ3n) is 13.5. The van der Waals surface area contributed by atoms with Gasteiger partial charge in [0.25, 0.3) is 18.4 Å². The van der Waals surface area contributed by atoms with Crippen LogP contribution in [0.3, 0.4) is 0 Å². The molecule has 5 aromatic carbocycles. The summed E-state index contributed by atoms with van der Waals surface area (Å²) < 4.78 is 50.0. The molecule has 0 aliphatic heterocycles. The van der Waals surface area contributed by atoms with Gasteiger partial charge in [-0.15, -0.1) is 0 Å². The Bertz CT molecular complexity index is 2640. The van der Waals surface area contributed by atoms with Crippen LogP contribution in [0, 0.1) is 11.3 Å². The largest absolute Gasteiger partial charge is 0.449 e. The second-order valence-corrected chi connectivity index (χ2v) is 27.1. The third-order valence-corrected chi connectivity index (χ3v) is 19.8. The first kappa shape index (κ1) is 56.6. The third kappa shape index (κ3) is 15.0. The zero-order valence-electron chi connectivity index (χ0n) is 43.7. The molecule has 13 nitrogen and oxygen atoms in total. The predicted molar refractivity (Wildman–Crippen MR) is 291 cm³/mol. The molecule has 0 saturated heterocycles. The van der Waals surface area contributed by atoms with Gasteiger partial charge in [0, 0.05) is 31.4 Å². The molecule has 0 saturated carbocycles. The van der Waals surface area contributed by atoms with Crippen molar-refractivity contribution in [2.24, 2.45) is 11.3 Å². The number of alkyl carbamates (subject to hydrolysis) is 1. The summed E-state index contributed by atoms with van der Waals surface area (Å²) in [4.78, 5) is 39.9. The molecule has 6 rings (SSSR count). The van der Waals surface area contributed by atoms with Crippen molar-refractivity contribution >= 4 is 52.4 Å². The zero-order valence-corrected chi connectivity index (χ0v) is 45.6. The molecule has 0 radical (unpaired) electrons. The first-order valence-corrected chi connectivity index (χ1v) is 28.9. The van der Waals surface area contributed by atoms with Gasteiger partial charge in [-0.05, 0) is 105 Å². The van der Waals surface area contributed by atoms with Crippen LogP contribution in [0.4, 0.5) is 10.5 Å². The van der Waals surface area contributed by atoms with Gasteiger partial charge in [-0.2, -0.15) is 8.42 Å². The molecular weight excluding hydrogens is 959 g/mol. The Morgan fingerprint density at radius 1 is 0.699 bits per heavy atom. The van der Waals surface area contributed by atoms with Crippen molar-refractivity contribution in [3.8, 4) is 11.1 Å². The number of aliphatic hydroxyl groups excluding tert-OH is 1. The number of amides is 3. The van der Waals surface area contributed by atoms with Crippen molar-refractivity contribution in [2.45, 2.75) is 111 Å². The number of hydrogen-bond acceptors (Lipinski definition) is 10. The molecule has 73 heavy (non-hydrogen) atoms. The van der Waals surface area contributed by atoms with E-state index in [-0.39, 0.29) is 55.5 Å². The van der Waals surface area contributed by atoms with Crippen LogP contribution < -0.4 is 26.3 Å². The lowest BCUT2D eigenvalue weighted by Crippen LogP contribution is -2.66. The second kappa shape index (κ2) is 25.5. The van der Waals surface area contributed by atoms with Crippen LogP contribution >= 0.6 is 0 Å². The molecule has 0 heterocycles. The number of aliphatic hydroxyl groups is 1. The first-order chi connectivity index (χ1) is 34.7. The Morgan fingerprint density at radius 3 is 1.85 bits per heavy atom. The molecule has 2 unspecified atom stereocenters. The molecular formula is C58H75N3O10SSi. The molecule has 15 heteroatoms. The van der Waals surface area contributed by atoms with Crippen LogP contribution in [0.1, 0.15) is 103 Å². The number of hydrogen-bond donors (Lipinski definition) is 4. The van der Waals surface area contributed by atoms with E-state index in [1.54, 1.807) is 39.0 Å². The number of rotatable bonds is 26. The SMILES string of the molecule is CC(NC(=O)C(NC(=O)OCC1c2ccccc2-c2ccccc21)C(C)C)C(=O)Nc1ccc(CO)c(CCCOCCCS(=O)(=O)OCC(C)(C)CCO[Si](c2ccccc2)(c2ccccc2)C(C)(C)C)c1. The molecule has 0 spiro atoms. The highest BCUT2D eigenvalue weighted by Gasteiger charge is 2.50. The van der Waals surface area contributed by atoms with Gasteiger partial charge in [0.05, 0.1) is 19.0 Å². The molecule has 0 aromatic heterocycles. The zero-order chi connectivity index (χ0) is 52.8. The number of carbonyl (C=O) groups is 3. The van der Waals surface area contributed by atoms with Crippen LogP contribution in [-0.2, 0) is 50.8 Å². The standard InChI is InChI=1S/C58H75N3O10SSi/c1-41(2)53(61-56(65)69-39-52-50-28-17-15-26-48(50)49-27-16-18-29-51(49)52)55(64)59-42(3)54(63)60-45-31-30-44(38-62)43(37-45)21-19-33-68-34-20-36-72(66,67)70-40-58(7,8)32-35-71-73(57(4,5)6,46-22-11-9-12-23-46)47-24-13-10-14-25-47/h9-18,22-31,37,41-42,52-53,62H,19-21,32-36,38-40H2,1-8H3,(H,59,64)(H,60,63)(H,61,65). The number of ether oxygens (including phenoxy) is 2. The minimum atomic E-state index is -3.80. The Balaban J connectivity index is 0.902. The van der Waals surface area contributed by atoms with Crippen molar-refractivity contribution in [2.75, 3.05) is 44.1 Å². The molecule has 1 aliphatic rings. The Hall–Kier alpha value is -5.68. The maximum atomic E-state index is 13.5. The summed E-state index contributed by atoms with van der Waals surface area (Å²) in [6.45, 7) is 16.8. The van der Waals surface area contributed by atoms with Crippen molar-refractivity contribution in [1.82, 2.24) is 10.6 Å². The lowest BCUT2D eigenvalue weighted by molar-refractivity contribution is -0.128. The monoisotopic (exact) mass is 1030 g/mol. The summed E-state index contributed by atoms with van der Waals surface area (Å²) in [5, 5.41) is 20.5. The summed E-state index contributed by atoms with van der Waals surface area (Å²) in [5.74, 6) is -1.61. The van der Waals surface area contributed by atoms with Gasteiger partial charge in [-0.25, -0.2) is 4.79 Å². The van der Waals surface area contributed by atoms with Crippen molar-refractivity contribution < 1.29 is 46.0 Å². The molecule has 5 aromatic rings. The van der Waals surface area contributed by atoms with Crippen LogP contribution in [-0.4, -0.2) is 90.6 Å². The van der Waals surface area contributed by atoms with E-state index in [2.05, 4.69) is 97.4 Å². The highest BCUT2D eigenvalue weighted by Crippen LogP contribution is 2.44. The average Bonchev–Trinajstić information content (AvgIpc) is 3.68. The van der Waals surface area contributed by atoms with Crippen molar-refractivity contribution in [3.63, 3.8) is 0 Å². The van der Waals surface area contributed by atoms with Crippen LogP contribution in [0.5, 0.6) is 0 Å². The first-order valence-electron chi connectivity index (χ1n) is 25.4. The van der Waals surface area contributed by atoms with E-state index in [0.29, 0.717) is 43.7 Å². The van der Waals surface area contributed by atoms with Gasteiger partial charge < -0.3 is 35.0 Å². The Kier molecular flexibility index (Phi) is 19.8. The number of carbonyl (C=O) groups excluding carboxylic acids is 3. The summed E-state index contributed by atoms with van der Waals surface area (Å²) in [6, 6.07) is 40.2. The minimum absolute atomic E-state index is 0.0301. The molecule has 4 N–H and O–H groups in total. The van der Waals surface area contributed by atoms with Gasteiger partial charge in [0.2, 0.25) is 11.8 Å². The van der Waals surface area contributed by atoms with Crippen molar-refractivity contribution in [3.05, 3.63) is 150 Å². The van der Waals surface area contributed by atoms with E-state index in [0.717, 1.165) is 27.8 Å². The topological polar surface area (TPSA) is 179 Å². The van der Waals surface area contributed by atoms with E-state index < -0.39 is 53.8 Å². The highest BCUT2D eigenvalue weighted by atomic mass is 32.2. The predicted octanol–water partition coefficient (Wildman–Crippen LogP) is 8.86. The van der Waals surface area contributed by atoms with Gasteiger partial charge in [0.1, 0.15) is 18.7 Å². The number of aryl methyl sites for hydroxylation is 1. The van der Waals surface area contributed by atoms with Gasteiger partial charge >= 0.3 is 6.09 Å². The summed E-state index contributed by atoms with van der Waals surface area (Å²) in [6.07, 6.45) is 1.25. The van der Waals surface area contributed by atoms with E-state index in [4.69, 9.17) is 18.1 Å². The minimum Gasteiger partial charge on any atom is -0.449 e. The maximum Gasteiger partial charge on any atom is 0.407 e. The summed E-state index contributed by atoms with van der Waals surface area (Å²) in [7, 11) is -6.53. The average molecular weight is 1030 g/mol. The number of fused-ring (bicyclic) bond motifs is 3. The second-order valence-electron chi connectivity index (χ2n) is 21.1. The number of anilines is 1. The molecule has 392 valence electrons. The molecule has 0 bridgehead atoms. The summed E-state index contributed by atoms with van der Waals surface area (Å²) >= 11 is 0. The lowest BCUT2D eigenvalue weighted by atomic mass is 9.91. The van der Waals surface area contributed by atoms with E-state index in [1.807, 2.05) is 62.4 Å². The van der Waals surface area contributed by atoms with E-state index in [9.17, 15) is 27.9 Å². The van der Waals surface area contributed by atoms with Crippen LogP contribution in [0.25, 0.3) is 11.1 Å². The number of benzene rings is 5.